The molecule has 0 aromatic rings. The summed E-state index contributed by atoms with van der Waals surface area (Å²) in [5, 5.41) is 3.19. The number of hydrogen-bond donors (Lipinski definition) is 1. The molecule has 1 atom stereocenters. The van der Waals surface area contributed by atoms with E-state index in [-0.39, 0.29) is 6.04 Å². The van der Waals surface area contributed by atoms with Crippen LogP contribution in [0, 0.1) is 0 Å². The molecule has 1 saturated carbocycles. The van der Waals surface area contributed by atoms with Gasteiger partial charge in [0.1, 0.15) is 6.29 Å². The second-order valence-electron chi connectivity index (χ2n) is 3.78. The molecule has 12 heavy (non-hydrogen) atoms. The number of carbonyl (C=O) groups is 1. The fraction of sp³-hybridized carbons (Fsp3) is 0.889. The Hall–Kier alpha value is -0.410. The van der Waals surface area contributed by atoms with Crippen LogP contribution in [-0.4, -0.2) is 42.9 Å². The summed E-state index contributed by atoms with van der Waals surface area (Å²) < 4.78 is 0. The van der Waals surface area contributed by atoms with E-state index in [4.69, 9.17) is 0 Å². The maximum absolute atomic E-state index is 10.5. The highest BCUT2D eigenvalue weighted by Gasteiger charge is 2.28. The van der Waals surface area contributed by atoms with Gasteiger partial charge in [0.2, 0.25) is 0 Å². The van der Waals surface area contributed by atoms with E-state index in [2.05, 4.69) is 10.2 Å². The van der Waals surface area contributed by atoms with Crippen molar-refractivity contribution in [1.29, 1.82) is 0 Å². The fourth-order valence-electron chi connectivity index (χ4n) is 1.98. The van der Waals surface area contributed by atoms with Gasteiger partial charge in [-0.05, 0) is 12.8 Å². The zero-order valence-electron chi connectivity index (χ0n) is 7.33. The molecule has 1 heterocycles. The lowest BCUT2D eigenvalue weighted by Gasteiger charge is -2.41. The summed E-state index contributed by atoms with van der Waals surface area (Å²) >= 11 is 0. The van der Waals surface area contributed by atoms with E-state index in [0.29, 0.717) is 0 Å². The van der Waals surface area contributed by atoms with Crippen molar-refractivity contribution in [1.82, 2.24) is 10.2 Å². The van der Waals surface area contributed by atoms with Crippen molar-refractivity contribution >= 4 is 6.29 Å². The number of hydrogen-bond acceptors (Lipinski definition) is 3. The first kappa shape index (κ1) is 8.20. The van der Waals surface area contributed by atoms with Gasteiger partial charge in [0.15, 0.2) is 0 Å². The highest BCUT2D eigenvalue weighted by atomic mass is 16.1. The van der Waals surface area contributed by atoms with Crippen LogP contribution in [0.4, 0.5) is 0 Å². The quantitative estimate of drug-likeness (QED) is 0.590. The molecule has 3 heteroatoms. The van der Waals surface area contributed by atoms with Gasteiger partial charge in [0.05, 0.1) is 6.04 Å². The third-order valence-electron chi connectivity index (χ3n) is 2.99. The zero-order chi connectivity index (χ0) is 8.39. The van der Waals surface area contributed by atoms with Gasteiger partial charge < -0.3 is 10.1 Å². The van der Waals surface area contributed by atoms with Gasteiger partial charge in [-0.25, -0.2) is 0 Å². The zero-order valence-corrected chi connectivity index (χ0v) is 7.33. The normalized spacial score (nSPS) is 32.8. The molecule has 1 unspecified atom stereocenters. The van der Waals surface area contributed by atoms with E-state index in [9.17, 15) is 4.79 Å². The van der Waals surface area contributed by atoms with Crippen LogP contribution in [0.5, 0.6) is 0 Å². The number of carbonyl (C=O) groups excluding carboxylic acids is 1. The summed E-state index contributed by atoms with van der Waals surface area (Å²) in [6, 6.07) is 0.869. The van der Waals surface area contributed by atoms with E-state index < -0.39 is 0 Å². The Balaban J connectivity index is 1.84. The van der Waals surface area contributed by atoms with Crippen LogP contribution in [0.3, 0.4) is 0 Å². The van der Waals surface area contributed by atoms with Crippen LogP contribution < -0.4 is 5.32 Å². The van der Waals surface area contributed by atoms with Gasteiger partial charge in [-0.15, -0.1) is 0 Å². The number of rotatable bonds is 2. The van der Waals surface area contributed by atoms with Crippen LogP contribution in [0.1, 0.15) is 19.3 Å². The van der Waals surface area contributed by atoms with Crippen LogP contribution >= 0.6 is 0 Å². The predicted molar refractivity (Wildman–Crippen MR) is 47.1 cm³/mol. The largest absolute Gasteiger partial charge is 0.305 e. The number of nitrogens with one attached hydrogen (secondary N) is 1. The SMILES string of the molecule is O=CC1CN(C2CCC2)CCN1. The van der Waals surface area contributed by atoms with Crippen LogP contribution in [-0.2, 0) is 4.79 Å². The van der Waals surface area contributed by atoms with E-state index in [1.54, 1.807) is 0 Å². The van der Waals surface area contributed by atoms with Crippen molar-refractivity contribution in [3.05, 3.63) is 0 Å². The second-order valence-corrected chi connectivity index (χ2v) is 3.78. The Labute approximate surface area is 73.1 Å². The Kier molecular flexibility index (Phi) is 2.42. The number of piperazine rings is 1. The topological polar surface area (TPSA) is 32.3 Å². The minimum atomic E-state index is 0.0827. The van der Waals surface area contributed by atoms with E-state index in [0.717, 1.165) is 32.0 Å². The molecular formula is C9H16N2O. The van der Waals surface area contributed by atoms with Crippen LogP contribution in [0.25, 0.3) is 0 Å². The van der Waals surface area contributed by atoms with Crippen molar-refractivity contribution < 1.29 is 4.79 Å². The summed E-state index contributed by atoms with van der Waals surface area (Å²) in [7, 11) is 0. The molecule has 0 spiro atoms. The maximum Gasteiger partial charge on any atom is 0.138 e. The Bertz CT molecular complexity index is 168. The monoisotopic (exact) mass is 168 g/mol. The Morgan fingerprint density at radius 2 is 2.25 bits per heavy atom. The standard InChI is InChI=1S/C9H16N2O/c12-7-8-6-11(5-4-10-8)9-2-1-3-9/h7-10H,1-6H2. The van der Waals surface area contributed by atoms with Gasteiger partial charge >= 0.3 is 0 Å². The predicted octanol–water partition coefficient (Wildman–Crippen LogP) is 0.0116. The summed E-state index contributed by atoms with van der Waals surface area (Å²) in [6.07, 6.45) is 5.09. The molecule has 0 aromatic carbocycles. The van der Waals surface area contributed by atoms with Crippen molar-refractivity contribution in [2.45, 2.75) is 31.3 Å². The number of aldehydes is 1. The fourth-order valence-corrected chi connectivity index (χ4v) is 1.98. The lowest BCUT2D eigenvalue weighted by molar-refractivity contribution is -0.110. The third kappa shape index (κ3) is 1.52. The van der Waals surface area contributed by atoms with Crippen molar-refractivity contribution in [3.63, 3.8) is 0 Å². The lowest BCUT2D eigenvalue weighted by Crippen LogP contribution is -2.56. The molecule has 2 rings (SSSR count). The highest BCUT2D eigenvalue weighted by Crippen LogP contribution is 2.25. The third-order valence-corrected chi connectivity index (χ3v) is 2.99. The van der Waals surface area contributed by atoms with Gasteiger partial charge in [-0.1, -0.05) is 6.42 Å². The molecule has 0 amide bonds. The van der Waals surface area contributed by atoms with Crippen molar-refractivity contribution in [3.8, 4) is 0 Å². The van der Waals surface area contributed by atoms with Crippen LogP contribution in [0.2, 0.25) is 0 Å². The molecule has 68 valence electrons. The van der Waals surface area contributed by atoms with Gasteiger partial charge in [-0.3, -0.25) is 4.90 Å². The van der Waals surface area contributed by atoms with Crippen molar-refractivity contribution in [2.75, 3.05) is 19.6 Å². The second kappa shape index (κ2) is 3.54. The molecule has 1 N–H and O–H groups in total. The summed E-state index contributed by atoms with van der Waals surface area (Å²) in [4.78, 5) is 13.0. The highest BCUT2D eigenvalue weighted by molar-refractivity contribution is 5.58. The van der Waals surface area contributed by atoms with E-state index in [1.807, 2.05) is 0 Å². The minimum absolute atomic E-state index is 0.0827. The smallest absolute Gasteiger partial charge is 0.138 e. The lowest BCUT2D eigenvalue weighted by atomic mass is 9.90. The molecule has 2 fully saturated rings. The Morgan fingerprint density at radius 3 is 2.83 bits per heavy atom. The maximum atomic E-state index is 10.5. The van der Waals surface area contributed by atoms with Crippen LogP contribution in [0.15, 0.2) is 0 Å². The summed E-state index contributed by atoms with van der Waals surface area (Å²) in [6.45, 7) is 3.02. The first-order valence-corrected chi connectivity index (χ1v) is 4.83. The number of nitrogens with zero attached hydrogens (tertiary/aromatic N) is 1. The van der Waals surface area contributed by atoms with Crippen molar-refractivity contribution in [2.24, 2.45) is 0 Å². The molecule has 1 saturated heterocycles. The molecule has 2 aliphatic rings. The minimum Gasteiger partial charge on any atom is -0.305 e. The van der Waals surface area contributed by atoms with Gasteiger partial charge in [0.25, 0.3) is 0 Å². The summed E-state index contributed by atoms with van der Waals surface area (Å²) in [5.41, 5.74) is 0. The van der Waals surface area contributed by atoms with Gasteiger partial charge in [0, 0.05) is 25.7 Å². The first-order chi connectivity index (χ1) is 5.90. The summed E-state index contributed by atoms with van der Waals surface area (Å²) in [5.74, 6) is 0. The molecule has 0 radical (unpaired) electrons. The molecule has 1 aliphatic heterocycles. The Morgan fingerprint density at radius 1 is 1.42 bits per heavy atom. The average Bonchev–Trinajstić information content (AvgIpc) is 2.02. The average molecular weight is 168 g/mol. The molecule has 3 nitrogen and oxygen atoms in total. The van der Waals surface area contributed by atoms with Gasteiger partial charge in [-0.2, -0.15) is 0 Å². The molecule has 0 aromatic heterocycles. The van der Waals surface area contributed by atoms with E-state index >= 15 is 0 Å². The molecule has 0 bridgehead atoms. The first-order valence-electron chi connectivity index (χ1n) is 4.83. The van der Waals surface area contributed by atoms with E-state index in [1.165, 1.54) is 19.3 Å². The molecule has 1 aliphatic carbocycles. The molecular weight excluding hydrogens is 152 g/mol.